The van der Waals surface area contributed by atoms with Gasteiger partial charge in [-0.15, -0.1) is 13.2 Å². The first-order chi connectivity index (χ1) is 5.63. The molecule has 0 radical (unpaired) electrons. The van der Waals surface area contributed by atoms with Crippen LogP contribution in [-0.4, -0.2) is 22.2 Å². The third-order valence-electron chi connectivity index (χ3n) is 1.03. The van der Waals surface area contributed by atoms with Crippen LogP contribution in [0.4, 0.5) is 0 Å². The minimum atomic E-state index is -0.870. The number of carboxylic acids is 2. The molecule has 0 saturated heterocycles. The molecule has 0 aromatic rings. The Morgan fingerprint density at radius 1 is 0.923 bits per heavy atom. The highest BCUT2D eigenvalue weighted by Crippen LogP contribution is 1.98. The SMILES string of the molecule is C=C.N.O=C(O)CCCCC(=O)O. The highest BCUT2D eigenvalue weighted by Gasteiger charge is 1.99. The molecule has 0 aliphatic heterocycles. The molecule has 0 heterocycles. The van der Waals surface area contributed by atoms with E-state index in [2.05, 4.69) is 13.2 Å². The van der Waals surface area contributed by atoms with Gasteiger partial charge in [-0.2, -0.15) is 0 Å². The van der Waals surface area contributed by atoms with Gasteiger partial charge in [-0.25, -0.2) is 0 Å². The van der Waals surface area contributed by atoms with Crippen LogP contribution in [0.1, 0.15) is 25.7 Å². The van der Waals surface area contributed by atoms with E-state index in [1.165, 1.54) is 0 Å². The van der Waals surface area contributed by atoms with Gasteiger partial charge in [-0.05, 0) is 12.8 Å². The Morgan fingerprint density at radius 2 is 1.15 bits per heavy atom. The number of aliphatic carboxylic acids is 2. The maximum Gasteiger partial charge on any atom is 0.303 e. The monoisotopic (exact) mass is 191 g/mol. The van der Waals surface area contributed by atoms with E-state index in [1.54, 1.807) is 0 Å². The fourth-order valence-corrected chi connectivity index (χ4v) is 0.552. The van der Waals surface area contributed by atoms with Gasteiger partial charge in [0.05, 0.1) is 0 Å². The Morgan fingerprint density at radius 3 is 1.31 bits per heavy atom. The summed E-state index contributed by atoms with van der Waals surface area (Å²) < 4.78 is 0. The normalized spacial score (nSPS) is 7.38. The van der Waals surface area contributed by atoms with E-state index in [-0.39, 0.29) is 19.0 Å². The first-order valence-corrected chi connectivity index (χ1v) is 3.56. The van der Waals surface area contributed by atoms with E-state index in [4.69, 9.17) is 10.2 Å². The van der Waals surface area contributed by atoms with Crippen molar-refractivity contribution >= 4 is 11.9 Å². The summed E-state index contributed by atoms with van der Waals surface area (Å²) in [5, 5.41) is 16.3. The minimum absolute atomic E-state index is 0. The van der Waals surface area contributed by atoms with E-state index >= 15 is 0 Å². The second-order valence-electron chi connectivity index (χ2n) is 1.99. The van der Waals surface area contributed by atoms with Gasteiger partial charge in [0.1, 0.15) is 0 Å². The largest absolute Gasteiger partial charge is 0.481 e. The zero-order valence-electron chi connectivity index (χ0n) is 7.66. The molecule has 5 heteroatoms. The van der Waals surface area contributed by atoms with Gasteiger partial charge >= 0.3 is 11.9 Å². The number of unbranched alkanes of at least 4 members (excludes halogenated alkanes) is 1. The number of carbonyl (C=O) groups is 2. The van der Waals surface area contributed by atoms with Crippen molar-refractivity contribution in [2.75, 3.05) is 0 Å². The molecule has 0 bridgehead atoms. The number of hydrogen-bond acceptors (Lipinski definition) is 3. The smallest absolute Gasteiger partial charge is 0.303 e. The second-order valence-corrected chi connectivity index (χ2v) is 1.99. The number of carboxylic acid groups (broad SMARTS) is 2. The van der Waals surface area contributed by atoms with Crippen molar-refractivity contribution in [3.05, 3.63) is 13.2 Å². The van der Waals surface area contributed by atoms with Crippen molar-refractivity contribution in [3.8, 4) is 0 Å². The van der Waals surface area contributed by atoms with Crippen molar-refractivity contribution in [3.63, 3.8) is 0 Å². The van der Waals surface area contributed by atoms with Crippen LogP contribution in [0.2, 0.25) is 0 Å². The van der Waals surface area contributed by atoms with Crippen molar-refractivity contribution in [2.24, 2.45) is 0 Å². The van der Waals surface area contributed by atoms with Crippen LogP contribution in [0, 0.1) is 0 Å². The Hall–Kier alpha value is -1.36. The summed E-state index contributed by atoms with van der Waals surface area (Å²) in [4.78, 5) is 19.8. The molecule has 0 aromatic heterocycles. The third kappa shape index (κ3) is 25.0. The Bertz CT molecular complexity index is 131. The van der Waals surface area contributed by atoms with Crippen LogP contribution < -0.4 is 6.15 Å². The summed E-state index contributed by atoms with van der Waals surface area (Å²) in [5.74, 6) is -1.74. The Kier molecular flexibility index (Phi) is 18.0. The van der Waals surface area contributed by atoms with E-state index < -0.39 is 11.9 Å². The predicted molar refractivity (Wildman–Crippen MR) is 50.0 cm³/mol. The lowest BCUT2D eigenvalue weighted by Crippen LogP contribution is -1.97. The molecule has 5 N–H and O–H groups in total. The van der Waals surface area contributed by atoms with E-state index in [1.807, 2.05) is 0 Å². The van der Waals surface area contributed by atoms with Crippen molar-refractivity contribution < 1.29 is 19.8 Å². The molecule has 5 nitrogen and oxygen atoms in total. The van der Waals surface area contributed by atoms with Gasteiger partial charge < -0.3 is 16.4 Å². The third-order valence-corrected chi connectivity index (χ3v) is 1.03. The first kappa shape index (κ1) is 17.7. The molecule has 13 heavy (non-hydrogen) atoms. The number of rotatable bonds is 5. The summed E-state index contributed by atoms with van der Waals surface area (Å²) in [6.07, 6.45) is 1.02. The van der Waals surface area contributed by atoms with Crippen LogP contribution in [0.5, 0.6) is 0 Å². The molecule has 0 aromatic carbocycles. The van der Waals surface area contributed by atoms with Crippen LogP contribution in [0.25, 0.3) is 0 Å². The molecule has 0 aliphatic carbocycles. The van der Waals surface area contributed by atoms with Gasteiger partial charge in [0.15, 0.2) is 0 Å². The minimum Gasteiger partial charge on any atom is -0.481 e. The van der Waals surface area contributed by atoms with E-state index in [0.717, 1.165) is 0 Å². The molecular formula is C8H17NO4. The molecular weight excluding hydrogens is 174 g/mol. The lowest BCUT2D eigenvalue weighted by atomic mass is 10.2. The zero-order chi connectivity index (χ0) is 9.98. The molecule has 0 spiro atoms. The van der Waals surface area contributed by atoms with Gasteiger partial charge in [0, 0.05) is 12.8 Å². The number of hydrogen-bond donors (Lipinski definition) is 3. The van der Waals surface area contributed by atoms with E-state index in [9.17, 15) is 9.59 Å². The van der Waals surface area contributed by atoms with Gasteiger partial charge in [-0.1, -0.05) is 0 Å². The Labute approximate surface area is 77.7 Å². The Balaban J connectivity index is -0.000000309. The summed E-state index contributed by atoms with van der Waals surface area (Å²) in [7, 11) is 0. The van der Waals surface area contributed by atoms with E-state index in [0.29, 0.717) is 12.8 Å². The van der Waals surface area contributed by atoms with Gasteiger partial charge in [0.25, 0.3) is 0 Å². The van der Waals surface area contributed by atoms with Crippen molar-refractivity contribution in [2.45, 2.75) is 25.7 Å². The fourth-order valence-electron chi connectivity index (χ4n) is 0.552. The average Bonchev–Trinajstić information content (AvgIpc) is 2.02. The summed E-state index contributed by atoms with van der Waals surface area (Å²) in [6.45, 7) is 6.00. The zero-order valence-corrected chi connectivity index (χ0v) is 7.66. The topological polar surface area (TPSA) is 110 Å². The quantitative estimate of drug-likeness (QED) is 0.452. The average molecular weight is 191 g/mol. The molecule has 0 saturated carbocycles. The molecule has 0 atom stereocenters. The first-order valence-electron chi connectivity index (χ1n) is 3.56. The van der Waals surface area contributed by atoms with Crippen LogP contribution in [-0.2, 0) is 9.59 Å². The lowest BCUT2D eigenvalue weighted by molar-refractivity contribution is -0.139. The summed E-state index contributed by atoms with van der Waals surface area (Å²) >= 11 is 0. The lowest BCUT2D eigenvalue weighted by Gasteiger charge is -1.92. The van der Waals surface area contributed by atoms with Gasteiger partial charge in [-0.3, -0.25) is 9.59 Å². The van der Waals surface area contributed by atoms with Crippen LogP contribution in [0.3, 0.4) is 0 Å². The molecule has 0 rings (SSSR count). The molecule has 0 amide bonds. The standard InChI is InChI=1S/C6H10O4.C2H4.H3N/c7-5(8)3-1-2-4-6(9)10;1-2;/h1-4H2,(H,7,8)(H,9,10);1-2H2;1H3. The fraction of sp³-hybridized carbons (Fsp3) is 0.500. The van der Waals surface area contributed by atoms with Crippen molar-refractivity contribution in [1.29, 1.82) is 0 Å². The predicted octanol–water partition coefficient (Wildman–Crippen LogP) is 1.68. The van der Waals surface area contributed by atoms with Gasteiger partial charge in [0.2, 0.25) is 0 Å². The maximum absolute atomic E-state index is 9.90. The highest BCUT2D eigenvalue weighted by atomic mass is 16.4. The van der Waals surface area contributed by atoms with Crippen LogP contribution in [0.15, 0.2) is 13.2 Å². The second kappa shape index (κ2) is 13.2. The molecule has 0 unspecified atom stereocenters. The van der Waals surface area contributed by atoms with Crippen molar-refractivity contribution in [1.82, 2.24) is 6.15 Å². The molecule has 0 fully saturated rings. The molecule has 0 aliphatic rings. The highest BCUT2D eigenvalue weighted by molar-refractivity contribution is 5.67. The summed E-state index contributed by atoms with van der Waals surface area (Å²) in [6, 6.07) is 0. The molecule has 78 valence electrons. The maximum atomic E-state index is 9.90. The summed E-state index contributed by atoms with van der Waals surface area (Å²) in [5.41, 5.74) is 0. The van der Waals surface area contributed by atoms with Crippen LogP contribution >= 0.6 is 0 Å².